The van der Waals surface area contributed by atoms with Crippen molar-refractivity contribution in [3.8, 4) is 0 Å². The van der Waals surface area contributed by atoms with Crippen LogP contribution in [0.2, 0.25) is 0 Å². The number of benzene rings is 1. The molecular weight excluding hydrogens is 184 g/mol. The standard InChI is InChI=1S/C13H18N2/c1-13(2,3)8-10-6-5-7-12-11(10)9-14-15(12)4/h5-7,9H,8H2,1-4H3. The van der Waals surface area contributed by atoms with Crippen molar-refractivity contribution in [1.29, 1.82) is 0 Å². The monoisotopic (exact) mass is 202 g/mol. The summed E-state index contributed by atoms with van der Waals surface area (Å²) < 4.78 is 1.93. The van der Waals surface area contributed by atoms with Crippen LogP contribution in [-0.4, -0.2) is 9.78 Å². The lowest BCUT2D eigenvalue weighted by Crippen LogP contribution is -2.09. The van der Waals surface area contributed by atoms with Gasteiger partial charge < -0.3 is 0 Å². The van der Waals surface area contributed by atoms with E-state index in [4.69, 9.17) is 0 Å². The topological polar surface area (TPSA) is 17.8 Å². The first kappa shape index (κ1) is 10.2. The molecule has 0 aliphatic heterocycles. The Balaban J connectivity index is 2.52. The van der Waals surface area contributed by atoms with Gasteiger partial charge in [0.15, 0.2) is 0 Å². The highest BCUT2D eigenvalue weighted by atomic mass is 15.2. The Morgan fingerprint density at radius 1 is 1.27 bits per heavy atom. The molecular formula is C13H18N2. The van der Waals surface area contributed by atoms with E-state index in [1.165, 1.54) is 16.5 Å². The van der Waals surface area contributed by atoms with Crippen LogP contribution < -0.4 is 0 Å². The van der Waals surface area contributed by atoms with Crippen LogP contribution in [0.5, 0.6) is 0 Å². The predicted molar refractivity (Wildman–Crippen MR) is 63.9 cm³/mol. The van der Waals surface area contributed by atoms with Gasteiger partial charge in [0.05, 0.1) is 11.7 Å². The maximum absolute atomic E-state index is 4.30. The maximum Gasteiger partial charge on any atom is 0.0681 e. The van der Waals surface area contributed by atoms with Crippen LogP contribution in [0, 0.1) is 5.41 Å². The van der Waals surface area contributed by atoms with E-state index in [1.807, 2.05) is 17.9 Å². The molecule has 0 aliphatic carbocycles. The lowest BCUT2D eigenvalue weighted by molar-refractivity contribution is 0.412. The third kappa shape index (κ3) is 2.04. The molecule has 0 bridgehead atoms. The first-order valence-electron chi connectivity index (χ1n) is 5.37. The van der Waals surface area contributed by atoms with E-state index in [0.29, 0.717) is 5.41 Å². The number of aryl methyl sites for hydroxylation is 1. The quantitative estimate of drug-likeness (QED) is 0.694. The molecule has 0 aliphatic rings. The van der Waals surface area contributed by atoms with Crippen LogP contribution in [0.1, 0.15) is 26.3 Å². The Bertz CT molecular complexity index is 475. The summed E-state index contributed by atoms with van der Waals surface area (Å²) in [5.41, 5.74) is 2.94. The average Bonchev–Trinajstić information content (AvgIpc) is 2.47. The van der Waals surface area contributed by atoms with Gasteiger partial charge in [0, 0.05) is 12.4 Å². The minimum absolute atomic E-state index is 0.324. The molecule has 1 heterocycles. The number of rotatable bonds is 1. The molecule has 0 spiro atoms. The molecule has 80 valence electrons. The van der Waals surface area contributed by atoms with Crippen molar-refractivity contribution >= 4 is 10.9 Å². The molecule has 0 amide bonds. The Morgan fingerprint density at radius 3 is 2.67 bits per heavy atom. The van der Waals surface area contributed by atoms with Crippen molar-refractivity contribution < 1.29 is 0 Å². The minimum atomic E-state index is 0.324. The molecule has 0 saturated heterocycles. The van der Waals surface area contributed by atoms with Gasteiger partial charge >= 0.3 is 0 Å². The molecule has 0 saturated carbocycles. The van der Waals surface area contributed by atoms with Crippen LogP contribution in [-0.2, 0) is 13.5 Å². The molecule has 2 aromatic rings. The molecule has 15 heavy (non-hydrogen) atoms. The summed E-state index contributed by atoms with van der Waals surface area (Å²) in [5, 5.41) is 5.59. The van der Waals surface area contributed by atoms with Crippen molar-refractivity contribution in [3.05, 3.63) is 30.0 Å². The maximum atomic E-state index is 4.30. The second kappa shape index (κ2) is 3.37. The summed E-state index contributed by atoms with van der Waals surface area (Å²) in [7, 11) is 1.99. The van der Waals surface area contributed by atoms with Crippen molar-refractivity contribution in [3.63, 3.8) is 0 Å². The largest absolute Gasteiger partial charge is 0.268 e. The lowest BCUT2D eigenvalue weighted by Gasteiger charge is -2.18. The van der Waals surface area contributed by atoms with Crippen LogP contribution >= 0.6 is 0 Å². The Morgan fingerprint density at radius 2 is 2.00 bits per heavy atom. The fourth-order valence-electron chi connectivity index (χ4n) is 1.96. The van der Waals surface area contributed by atoms with Crippen LogP contribution in [0.25, 0.3) is 10.9 Å². The molecule has 0 unspecified atom stereocenters. The molecule has 1 aromatic heterocycles. The van der Waals surface area contributed by atoms with Gasteiger partial charge in [0.25, 0.3) is 0 Å². The van der Waals surface area contributed by atoms with E-state index in [2.05, 4.69) is 44.1 Å². The van der Waals surface area contributed by atoms with Gasteiger partial charge in [-0.2, -0.15) is 5.10 Å². The van der Waals surface area contributed by atoms with Crippen LogP contribution in [0.15, 0.2) is 24.4 Å². The smallest absolute Gasteiger partial charge is 0.0681 e. The Labute approximate surface area is 90.9 Å². The fraction of sp³-hybridized carbons (Fsp3) is 0.462. The average molecular weight is 202 g/mol. The third-order valence-electron chi connectivity index (χ3n) is 2.60. The lowest BCUT2D eigenvalue weighted by atomic mass is 9.87. The number of aromatic nitrogens is 2. The summed E-state index contributed by atoms with van der Waals surface area (Å²) in [6.07, 6.45) is 3.06. The van der Waals surface area contributed by atoms with Crippen molar-refractivity contribution in [2.75, 3.05) is 0 Å². The summed E-state index contributed by atoms with van der Waals surface area (Å²) >= 11 is 0. The zero-order valence-corrected chi connectivity index (χ0v) is 9.91. The van der Waals surface area contributed by atoms with E-state index >= 15 is 0 Å². The third-order valence-corrected chi connectivity index (χ3v) is 2.60. The van der Waals surface area contributed by atoms with Gasteiger partial charge in [-0.05, 0) is 23.5 Å². The first-order chi connectivity index (χ1) is 6.97. The predicted octanol–water partition coefficient (Wildman–Crippen LogP) is 3.16. The SMILES string of the molecule is Cn1ncc2c(CC(C)(C)C)cccc21. The van der Waals surface area contributed by atoms with Gasteiger partial charge in [-0.1, -0.05) is 32.9 Å². The second-order valence-corrected chi connectivity index (χ2v) is 5.36. The minimum Gasteiger partial charge on any atom is -0.268 e. The number of nitrogens with zero attached hydrogens (tertiary/aromatic N) is 2. The molecule has 2 rings (SSSR count). The van der Waals surface area contributed by atoms with E-state index in [9.17, 15) is 0 Å². The van der Waals surface area contributed by atoms with E-state index in [1.54, 1.807) is 0 Å². The highest BCUT2D eigenvalue weighted by molar-refractivity contribution is 5.82. The molecule has 0 radical (unpaired) electrons. The number of fused-ring (bicyclic) bond motifs is 1. The number of hydrogen-bond acceptors (Lipinski definition) is 1. The van der Waals surface area contributed by atoms with Gasteiger partial charge in [0.1, 0.15) is 0 Å². The summed E-state index contributed by atoms with van der Waals surface area (Å²) in [6.45, 7) is 6.80. The Hall–Kier alpha value is -1.31. The highest BCUT2D eigenvalue weighted by Crippen LogP contribution is 2.26. The van der Waals surface area contributed by atoms with Gasteiger partial charge in [0.2, 0.25) is 0 Å². The van der Waals surface area contributed by atoms with Crippen LogP contribution in [0.4, 0.5) is 0 Å². The van der Waals surface area contributed by atoms with Gasteiger partial charge in [-0.3, -0.25) is 4.68 Å². The molecule has 0 fully saturated rings. The second-order valence-electron chi connectivity index (χ2n) is 5.36. The first-order valence-corrected chi connectivity index (χ1v) is 5.37. The normalized spacial score (nSPS) is 12.3. The molecule has 0 atom stereocenters. The molecule has 1 aromatic carbocycles. The van der Waals surface area contributed by atoms with Crippen molar-refractivity contribution in [2.24, 2.45) is 12.5 Å². The fourth-order valence-corrected chi connectivity index (χ4v) is 1.96. The van der Waals surface area contributed by atoms with Crippen molar-refractivity contribution in [2.45, 2.75) is 27.2 Å². The van der Waals surface area contributed by atoms with Crippen LogP contribution in [0.3, 0.4) is 0 Å². The zero-order chi connectivity index (χ0) is 11.1. The van der Waals surface area contributed by atoms with Crippen molar-refractivity contribution in [1.82, 2.24) is 9.78 Å². The van der Waals surface area contributed by atoms with E-state index in [-0.39, 0.29) is 0 Å². The zero-order valence-electron chi connectivity index (χ0n) is 9.91. The Kier molecular flexibility index (Phi) is 2.29. The van der Waals surface area contributed by atoms with Gasteiger partial charge in [-0.15, -0.1) is 0 Å². The molecule has 0 N–H and O–H groups in total. The van der Waals surface area contributed by atoms with E-state index in [0.717, 1.165) is 6.42 Å². The number of hydrogen-bond donors (Lipinski definition) is 0. The summed E-state index contributed by atoms with van der Waals surface area (Å²) in [4.78, 5) is 0. The summed E-state index contributed by atoms with van der Waals surface area (Å²) in [5.74, 6) is 0. The van der Waals surface area contributed by atoms with E-state index < -0.39 is 0 Å². The highest BCUT2D eigenvalue weighted by Gasteiger charge is 2.14. The molecule has 2 nitrogen and oxygen atoms in total. The molecule has 2 heteroatoms. The summed E-state index contributed by atoms with van der Waals surface area (Å²) in [6, 6.07) is 6.44. The van der Waals surface area contributed by atoms with Gasteiger partial charge in [-0.25, -0.2) is 0 Å².